The number of hydrogen-bond donors (Lipinski definition) is 1. The first-order valence-corrected chi connectivity index (χ1v) is 17.9. The summed E-state index contributed by atoms with van der Waals surface area (Å²) in [5.74, 6) is -0.808. The van der Waals surface area contributed by atoms with E-state index in [-0.39, 0.29) is 21.5 Å². The molecule has 6 rings (SSSR count). The summed E-state index contributed by atoms with van der Waals surface area (Å²) in [6, 6.07) is 36.4. The van der Waals surface area contributed by atoms with Gasteiger partial charge < -0.3 is 4.90 Å². The predicted octanol–water partition coefficient (Wildman–Crippen LogP) is 8.98. The van der Waals surface area contributed by atoms with Crippen molar-refractivity contribution in [1.82, 2.24) is 9.62 Å². The van der Waals surface area contributed by atoms with Gasteiger partial charge in [-0.25, -0.2) is 17.9 Å². The third kappa shape index (κ3) is 7.00. The molecule has 0 bridgehead atoms. The monoisotopic (exact) mass is 677 g/mol. The average Bonchev–Trinajstić information content (AvgIpc) is 3.10. The number of urea groups is 1. The molecule has 244 valence electrons. The van der Waals surface area contributed by atoms with Crippen molar-refractivity contribution in [3.63, 3.8) is 0 Å². The molecule has 3 amide bonds. The van der Waals surface area contributed by atoms with Crippen LogP contribution in [0.15, 0.2) is 126 Å². The number of carbonyl (C=O) groups excluding carboxylic acids is 2. The third-order valence-electron chi connectivity index (χ3n) is 8.50. The molecule has 0 aromatic heterocycles. The summed E-state index contributed by atoms with van der Waals surface area (Å²) in [6.45, 7) is 3.13. The Labute approximate surface area is 286 Å². The number of unbranched alkanes of at least 4 members (excludes halogenated alkanes) is 2. The van der Waals surface area contributed by atoms with Gasteiger partial charge in [0.15, 0.2) is 0 Å². The summed E-state index contributed by atoms with van der Waals surface area (Å²) in [4.78, 5) is 31.0. The fourth-order valence-electron chi connectivity index (χ4n) is 6.06. The summed E-state index contributed by atoms with van der Waals surface area (Å²) >= 11 is 6.13. The molecular weight excluding hydrogens is 642 g/mol. The fraction of sp³-hybridized carbons (Fsp3) is 0.179. The SMILES string of the molecule is CCCCCN(Cc1ccc(-c2ccccc2S(=O)(=O)NC(=O)c2ccccc2Cl)cc1)C(=O)N1c2ccccc2Cc2ccccc21. The number of rotatable bonds is 10. The molecule has 0 unspecified atom stereocenters. The first kappa shape index (κ1) is 33.0. The molecule has 1 N–H and O–H groups in total. The molecule has 0 fully saturated rings. The minimum absolute atomic E-state index is 0.0306. The molecule has 1 aliphatic rings. The van der Waals surface area contributed by atoms with Gasteiger partial charge in [-0.2, -0.15) is 0 Å². The number of para-hydroxylation sites is 2. The maximum Gasteiger partial charge on any atom is 0.329 e. The lowest BCUT2D eigenvalue weighted by Crippen LogP contribution is -2.42. The summed E-state index contributed by atoms with van der Waals surface area (Å²) in [7, 11) is -4.23. The van der Waals surface area contributed by atoms with Crippen molar-refractivity contribution in [3.8, 4) is 11.1 Å². The van der Waals surface area contributed by atoms with Crippen LogP contribution in [0.4, 0.5) is 16.2 Å². The molecule has 0 atom stereocenters. The van der Waals surface area contributed by atoms with E-state index in [1.165, 1.54) is 18.2 Å². The van der Waals surface area contributed by atoms with Crippen LogP contribution in [0.25, 0.3) is 11.1 Å². The largest absolute Gasteiger partial charge is 0.329 e. The molecule has 9 heteroatoms. The summed E-state index contributed by atoms with van der Waals surface area (Å²) in [6.07, 6.45) is 3.69. The Morgan fingerprint density at radius 3 is 2.04 bits per heavy atom. The highest BCUT2D eigenvalue weighted by atomic mass is 35.5. The lowest BCUT2D eigenvalue weighted by Gasteiger charge is -2.36. The van der Waals surface area contributed by atoms with Gasteiger partial charge in [-0.1, -0.05) is 122 Å². The van der Waals surface area contributed by atoms with Crippen LogP contribution in [-0.2, 0) is 23.0 Å². The zero-order valence-electron chi connectivity index (χ0n) is 26.6. The summed E-state index contributed by atoms with van der Waals surface area (Å²) < 4.78 is 29.0. The molecule has 7 nitrogen and oxygen atoms in total. The van der Waals surface area contributed by atoms with Crippen molar-refractivity contribution in [2.75, 3.05) is 11.4 Å². The Balaban J connectivity index is 1.26. The van der Waals surface area contributed by atoms with E-state index in [2.05, 4.69) is 23.8 Å². The van der Waals surface area contributed by atoms with Crippen LogP contribution < -0.4 is 9.62 Å². The van der Waals surface area contributed by atoms with Crippen molar-refractivity contribution in [2.45, 2.75) is 44.0 Å². The maximum atomic E-state index is 14.4. The Morgan fingerprint density at radius 2 is 1.38 bits per heavy atom. The van der Waals surface area contributed by atoms with E-state index < -0.39 is 15.9 Å². The summed E-state index contributed by atoms with van der Waals surface area (Å²) in [5, 5.41) is 0.157. The lowest BCUT2D eigenvalue weighted by atomic mass is 9.96. The molecule has 0 spiro atoms. The number of carbonyl (C=O) groups is 2. The standard InChI is InChI=1S/C39H36ClN3O4S/c1-2-3-12-25-42(39(45)43-35-18-9-4-13-30(35)26-31-14-5-10-19-36(31)43)27-28-21-23-29(24-22-28)32-15-7-11-20-37(32)48(46,47)41-38(44)33-16-6-8-17-34(33)40/h4-11,13-24H,2-3,12,25-27H2,1H3,(H,41,44). The number of nitrogens with zero attached hydrogens (tertiary/aromatic N) is 2. The van der Waals surface area contributed by atoms with Crippen LogP contribution in [0.2, 0.25) is 5.02 Å². The van der Waals surface area contributed by atoms with E-state index in [0.29, 0.717) is 24.2 Å². The van der Waals surface area contributed by atoms with Crippen LogP contribution >= 0.6 is 11.6 Å². The van der Waals surface area contributed by atoms with Crippen LogP contribution in [0, 0.1) is 0 Å². The number of sulfonamides is 1. The first-order valence-electron chi connectivity index (χ1n) is 16.0. The van der Waals surface area contributed by atoms with E-state index in [0.717, 1.165) is 53.7 Å². The van der Waals surface area contributed by atoms with Crippen LogP contribution in [0.1, 0.15) is 53.2 Å². The third-order valence-corrected chi connectivity index (χ3v) is 10.2. The second-order valence-corrected chi connectivity index (χ2v) is 13.8. The zero-order chi connectivity index (χ0) is 33.7. The number of amides is 3. The number of benzene rings is 5. The number of nitrogens with one attached hydrogen (secondary N) is 1. The zero-order valence-corrected chi connectivity index (χ0v) is 28.2. The van der Waals surface area contributed by atoms with Crippen molar-refractivity contribution in [1.29, 1.82) is 0 Å². The topological polar surface area (TPSA) is 86.8 Å². The van der Waals surface area contributed by atoms with Crippen molar-refractivity contribution < 1.29 is 18.0 Å². The Morgan fingerprint density at radius 1 is 0.771 bits per heavy atom. The highest BCUT2D eigenvalue weighted by Gasteiger charge is 2.30. The van der Waals surface area contributed by atoms with Gasteiger partial charge in [0.25, 0.3) is 15.9 Å². The van der Waals surface area contributed by atoms with Gasteiger partial charge in [-0.3, -0.25) is 9.69 Å². The molecular formula is C39H36ClN3O4S. The highest BCUT2D eigenvalue weighted by molar-refractivity contribution is 7.90. The minimum atomic E-state index is -4.23. The Hall–Kier alpha value is -4.92. The quantitative estimate of drug-likeness (QED) is 0.150. The number of fused-ring (bicyclic) bond motifs is 2. The van der Waals surface area contributed by atoms with E-state index >= 15 is 0 Å². The fourth-order valence-corrected chi connectivity index (χ4v) is 7.48. The molecule has 0 saturated heterocycles. The highest BCUT2D eigenvalue weighted by Crippen LogP contribution is 2.39. The normalized spacial score (nSPS) is 12.2. The smallest absolute Gasteiger partial charge is 0.320 e. The summed E-state index contributed by atoms with van der Waals surface area (Å²) in [5.41, 5.74) is 6.10. The van der Waals surface area contributed by atoms with Gasteiger partial charge >= 0.3 is 6.03 Å². The molecule has 48 heavy (non-hydrogen) atoms. The van der Waals surface area contributed by atoms with Gasteiger partial charge in [-0.15, -0.1) is 0 Å². The van der Waals surface area contributed by atoms with Crippen molar-refractivity contribution in [3.05, 3.63) is 149 Å². The van der Waals surface area contributed by atoms with Gasteiger partial charge in [0, 0.05) is 25.1 Å². The van der Waals surface area contributed by atoms with Gasteiger partial charge in [-0.05, 0) is 59.0 Å². The Kier molecular flexibility index (Phi) is 9.94. The van der Waals surface area contributed by atoms with E-state index in [1.807, 2.05) is 70.5 Å². The average molecular weight is 678 g/mol. The van der Waals surface area contributed by atoms with Crippen molar-refractivity contribution in [2.24, 2.45) is 0 Å². The van der Waals surface area contributed by atoms with Crippen LogP contribution in [-0.4, -0.2) is 31.8 Å². The van der Waals surface area contributed by atoms with Gasteiger partial charge in [0.2, 0.25) is 0 Å². The molecule has 0 aliphatic carbocycles. The number of halogens is 1. The number of hydrogen-bond acceptors (Lipinski definition) is 4. The van der Waals surface area contributed by atoms with E-state index in [1.54, 1.807) is 30.3 Å². The van der Waals surface area contributed by atoms with E-state index in [9.17, 15) is 18.0 Å². The molecule has 1 heterocycles. The number of anilines is 2. The molecule has 0 radical (unpaired) electrons. The molecule has 0 saturated carbocycles. The van der Waals surface area contributed by atoms with Gasteiger partial charge in [0.1, 0.15) is 0 Å². The second kappa shape index (κ2) is 14.5. The molecule has 5 aromatic carbocycles. The first-order chi connectivity index (χ1) is 23.3. The molecule has 1 aliphatic heterocycles. The van der Waals surface area contributed by atoms with E-state index in [4.69, 9.17) is 11.6 Å². The van der Waals surface area contributed by atoms with Crippen molar-refractivity contribution >= 4 is 44.9 Å². The van der Waals surface area contributed by atoms with Crippen LogP contribution in [0.3, 0.4) is 0 Å². The minimum Gasteiger partial charge on any atom is -0.320 e. The van der Waals surface area contributed by atoms with Crippen LogP contribution in [0.5, 0.6) is 0 Å². The Bertz CT molecular complexity index is 2020. The van der Waals surface area contributed by atoms with Gasteiger partial charge in [0.05, 0.1) is 26.9 Å². The molecule has 5 aromatic rings. The predicted molar refractivity (Wildman–Crippen MR) is 191 cm³/mol. The lowest BCUT2D eigenvalue weighted by molar-refractivity contribution is 0.0981. The maximum absolute atomic E-state index is 14.4. The second-order valence-electron chi connectivity index (χ2n) is 11.8.